The van der Waals surface area contributed by atoms with E-state index in [1.54, 1.807) is 11.2 Å². The lowest BCUT2D eigenvalue weighted by molar-refractivity contribution is -0.120. The molecule has 4 fully saturated rings. The second-order valence-corrected chi connectivity index (χ2v) is 15.4. The zero-order valence-electron chi connectivity index (χ0n) is 31.1. The van der Waals surface area contributed by atoms with Gasteiger partial charge in [-0.15, -0.1) is 0 Å². The Bertz CT molecular complexity index is 2130. The van der Waals surface area contributed by atoms with Gasteiger partial charge in [0.2, 0.25) is 5.91 Å². The molecule has 0 spiro atoms. The number of para-hydroxylation sites is 1. The van der Waals surface area contributed by atoms with E-state index in [2.05, 4.69) is 46.8 Å². The predicted octanol–water partition coefficient (Wildman–Crippen LogP) is 5.94. The summed E-state index contributed by atoms with van der Waals surface area (Å²) < 4.78 is 8.12. The van der Waals surface area contributed by atoms with Gasteiger partial charge in [-0.1, -0.05) is 18.2 Å². The third kappa shape index (κ3) is 7.46. The zero-order valence-corrected chi connectivity index (χ0v) is 31.1. The summed E-state index contributed by atoms with van der Waals surface area (Å²) in [6.45, 7) is 8.08. The zero-order chi connectivity index (χ0) is 37.3. The Morgan fingerprint density at radius 2 is 1.45 bits per heavy atom. The summed E-state index contributed by atoms with van der Waals surface area (Å²) in [5.41, 5.74) is 11.0. The van der Waals surface area contributed by atoms with E-state index in [1.165, 1.54) is 38.0 Å². The average Bonchev–Trinajstić information content (AvgIpc) is 3.85. The quantitative estimate of drug-likeness (QED) is 0.187. The molecule has 4 saturated heterocycles. The van der Waals surface area contributed by atoms with Crippen LogP contribution in [0.25, 0.3) is 22.3 Å². The van der Waals surface area contributed by atoms with Gasteiger partial charge < -0.3 is 20.3 Å². The van der Waals surface area contributed by atoms with Crippen molar-refractivity contribution in [2.24, 2.45) is 5.92 Å². The van der Waals surface area contributed by atoms with Crippen molar-refractivity contribution in [2.45, 2.75) is 50.6 Å². The van der Waals surface area contributed by atoms with Gasteiger partial charge in [0.15, 0.2) is 5.65 Å². The Morgan fingerprint density at radius 3 is 2.20 bits per heavy atom. The number of rotatable bonds is 9. The van der Waals surface area contributed by atoms with Crippen molar-refractivity contribution in [1.29, 1.82) is 0 Å². The van der Waals surface area contributed by atoms with Crippen LogP contribution in [0.4, 0.5) is 22.0 Å². The number of benzene rings is 3. The highest BCUT2D eigenvalue weighted by atomic mass is 16.5. The molecule has 13 nitrogen and oxygen atoms in total. The number of likely N-dealkylation sites (tertiary alicyclic amines) is 2. The van der Waals surface area contributed by atoms with Crippen LogP contribution in [0.15, 0.2) is 85.2 Å². The highest BCUT2D eigenvalue weighted by Crippen LogP contribution is 2.36. The maximum Gasteiger partial charge on any atom is 0.328 e. The first-order chi connectivity index (χ1) is 26.9. The minimum absolute atomic E-state index is 0.211. The molecule has 0 aliphatic carbocycles. The maximum absolute atomic E-state index is 12.2. The molecule has 3 aromatic carbocycles. The van der Waals surface area contributed by atoms with Gasteiger partial charge in [-0.3, -0.25) is 19.9 Å². The van der Waals surface area contributed by atoms with Crippen LogP contribution in [0.3, 0.4) is 0 Å². The Hall–Kier alpha value is -5.53. The highest BCUT2D eigenvalue weighted by molar-refractivity contribution is 6.05. The second kappa shape index (κ2) is 15.3. The van der Waals surface area contributed by atoms with Crippen molar-refractivity contribution in [3.63, 3.8) is 0 Å². The summed E-state index contributed by atoms with van der Waals surface area (Å²) in [6, 6.07) is 26.4. The summed E-state index contributed by atoms with van der Waals surface area (Å²) in [6.07, 6.45) is 7.51. The molecule has 0 radical (unpaired) electrons. The van der Waals surface area contributed by atoms with E-state index in [4.69, 9.17) is 15.6 Å². The topological polar surface area (TPSA) is 138 Å². The van der Waals surface area contributed by atoms with E-state index in [1.807, 2.05) is 66.7 Å². The summed E-state index contributed by atoms with van der Waals surface area (Å²) >= 11 is 0. The molecule has 9 rings (SSSR count). The molecule has 284 valence electrons. The number of carbonyl (C=O) groups excluding carboxylic acids is 2. The number of nitrogens with two attached hydrogens (primary N) is 1. The largest absolute Gasteiger partial charge is 0.457 e. The third-order valence-corrected chi connectivity index (χ3v) is 11.9. The van der Waals surface area contributed by atoms with Gasteiger partial charge in [0.05, 0.1) is 11.4 Å². The Kier molecular flexibility index (Phi) is 9.79. The van der Waals surface area contributed by atoms with Crippen molar-refractivity contribution < 1.29 is 14.3 Å². The first-order valence-electron chi connectivity index (χ1n) is 19.7. The Balaban J connectivity index is 0.769. The Labute approximate surface area is 321 Å². The maximum atomic E-state index is 12.2. The van der Waals surface area contributed by atoms with Crippen LogP contribution in [0.1, 0.15) is 44.6 Å². The number of anilines is 3. The number of carbonyl (C=O) groups is 2. The van der Waals surface area contributed by atoms with E-state index in [0.29, 0.717) is 30.7 Å². The minimum Gasteiger partial charge on any atom is -0.457 e. The van der Waals surface area contributed by atoms with Crippen LogP contribution in [-0.4, -0.2) is 99.9 Å². The van der Waals surface area contributed by atoms with Crippen molar-refractivity contribution >= 4 is 40.2 Å². The van der Waals surface area contributed by atoms with E-state index in [9.17, 15) is 9.59 Å². The summed E-state index contributed by atoms with van der Waals surface area (Å²) in [7, 11) is 0. The molecule has 0 bridgehead atoms. The molecule has 3 N–H and O–H groups in total. The summed E-state index contributed by atoms with van der Waals surface area (Å²) in [5.74, 6) is 2.50. The van der Waals surface area contributed by atoms with Gasteiger partial charge in [0, 0.05) is 75.2 Å². The van der Waals surface area contributed by atoms with Crippen molar-refractivity contribution in [2.75, 3.05) is 67.9 Å². The Morgan fingerprint density at radius 1 is 0.745 bits per heavy atom. The van der Waals surface area contributed by atoms with E-state index >= 15 is 0 Å². The molecule has 1 unspecified atom stereocenters. The number of nitrogens with zero attached hydrogens (tertiary/aromatic N) is 8. The number of nitrogens with one attached hydrogen (secondary N) is 1. The lowest BCUT2D eigenvalue weighted by Gasteiger charge is -2.37. The van der Waals surface area contributed by atoms with Gasteiger partial charge in [-0.25, -0.2) is 19.4 Å². The van der Waals surface area contributed by atoms with Gasteiger partial charge >= 0.3 is 6.03 Å². The van der Waals surface area contributed by atoms with Crippen LogP contribution in [0.5, 0.6) is 11.5 Å². The number of aromatic nitrogens is 4. The fourth-order valence-corrected chi connectivity index (χ4v) is 8.92. The lowest BCUT2D eigenvalue weighted by Crippen LogP contribution is -2.49. The van der Waals surface area contributed by atoms with Gasteiger partial charge in [0.25, 0.3) is 0 Å². The molecule has 4 aliphatic rings. The van der Waals surface area contributed by atoms with Crippen LogP contribution >= 0.6 is 0 Å². The highest BCUT2D eigenvalue weighted by Gasteiger charge is 2.34. The van der Waals surface area contributed by atoms with E-state index in [0.717, 1.165) is 85.0 Å². The van der Waals surface area contributed by atoms with Crippen LogP contribution < -0.4 is 25.6 Å². The number of amides is 3. The molecule has 5 aromatic rings. The SMILES string of the molecule is Nc1ncnc2c1c(-c1ccc(Oc3ccccc3)cc1)nn2C1CCN(C2CCN(CC3CCN(c4ccc(N5CCC(=O)NC5=O)cc4)CC3)C2)CC1. The number of fused-ring (bicyclic) bond motifs is 1. The second-order valence-electron chi connectivity index (χ2n) is 15.4. The first kappa shape index (κ1) is 35.2. The number of piperidine rings is 2. The first-order valence-corrected chi connectivity index (χ1v) is 19.7. The monoisotopic (exact) mass is 740 g/mol. The number of hydrogen-bond acceptors (Lipinski definition) is 10. The fourth-order valence-electron chi connectivity index (χ4n) is 8.92. The van der Waals surface area contributed by atoms with Crippen molar-refractivity contribution in [3.05, 3.63) is 85.2 Å². The van der Waals surface area contributed by atoms with Crippen LogP contribution in [0.2, 0.25) is 0 Å². The molecule has 2 aromatic heterocycles. The fraction of sp³-hybridized carbons (Fsp3) is 0.405. The third-order valence-electron chi connectivity index (χ3n) is 11.9. The number of nitrogen functional groups attached to an aromatic ring is 1. The molecule has 3 amide bonds. The van der Waals surface area contributed by atoms with Crippen LogP contribution in [-0.2, 0) is 4.79 Å². The standard InChI is InChI=1S/C42H48N10O3/c43-40-38-39(30-6-12-36(13-7-30)55-35-4-2-1-3-5-35)47-52(41(38)45-28-44-40)33-17-23-50(24-18-33)34-16-20-48(27-34)26-29-14-21-49(22-15-29)31-8-10-32(11-9-31)51-25-19-37(53)46-42(51)54/h1-13,28-29,33-34H,14-27H2,(H2,43,44,45)(H,46,53,54). The molecule has 1 atom stereocenters. The van der Waals surface area contributed by atoms with E-state index < -0.39 is 0 Å². The van der Waals surface area contributed by atoms with Crippen molar-refractivity contribution in [1.82, 2.24) is 34.9 Å². The number of hydrogen-bond donors (Lipinski definition) is 2. The summed E-state index contributed by atoms with van der Waals surface area (Å²) in [4.78, 5) is 42.3. The summed E-state index contributed by atoms with van der Waals surface area (Å²) in [5, 5.41) is 8.36. The number of imide groups is 1. The molecular formula is C42H48N10O3. The smallest absolute Gasteiger partial charge is 0.328 e. The van der Waals surface area contributed by atoms with Gasteiger partial charge in [0.1, 0.15) is 29.3 Å². The molecule has 6 heterocycles. The number of ether oxygens (including phenoxy) is 1. The normalized spacial score (nSPS) is 20.7. The van der Waals surface area contributed by atoms with Gasteiger partial charge in [-0.05, 0) is 105 Å². The van der Waals surface area contributed by atoms with E-state index in [-0.39, 0.29) is 18.0 Å². The molecule has 13 heteroatoms. The average molecular weight is 741 g/mol. The van der Waals surface area contributed by atoms with Gasteiger partial charge in [-0.2, -0.15) is 5.10 Å². The molecule has 4 aliphatic heterocycles. The van der Waals surface area contributed by atoms with Crippen molar-refractivity contribution in [3.8, 4) is 22.8 Å². The van der Waals surface area contributed by atoms with Crippen LogP contribution in [0, 0.1) is 5.92 Å². The molecule has 0 saturated carbocycles. The predicted molar refractivity (Wildman–Crippen MR) is 213 cm³/mol. The minimum atomic E-state index is -0.342. The number of urea groups is 1. The lowest BCUT2D eigenvalue weighted by atomic mass is 9.96. The molecular weight excluding hydrogens is 693 g/mol. The molecule has 55 heavy (non-hydrogen) atoms.